The third-order valence-corrected chi connectivity index (χ3v) is 3.06. The molecule has 8 heteroatoms. The lowest BCUT2D eigenvalue weighted by atomic mass is 10.1. The van der Waals surface area contributed by atoms with Crippen LogP contribution in [0.15, 0.2) is 30.3 Å². The molecule has 3 rings (SSSR count). The average molecular weight is 336 g/mol. The smallest absolute Gasteiger partial charge is 0.392 e. The molecule has 2 aliphatic heterocycles. The number of piperidine rings is 1. The fourth-order valence-electron chi connectivity index (χ4n) is 2.13. The number of hydrogen-bond acceptors (Lipinski definition) is 3. The van der Waals surface area contributed by atoms with Crippen LogP contribution in [0.4, 0.5) is 18.0 Å². The monoisotopic (exact) mass is 336 g/mol. The molecule has 2 aliphatic rings. The highest BCUT2D eigenvalue weighted by Gasteiger charge is 2.31. The number of urea groups is 1. The first-order valence-corrected chi connectivity index (χ1v) is 7.23. The number of hydrogen-bond donors (Lipinski definition) is 3. The van der Waals surface area contributed by atoms with E-state index in [-0.39, 0.29) is 12.6 Å². The summed E-state index contributed by atoms with van der Waals surface area (Å²) in [7, 11) is 0. The van der Waals surface area contributed by atoms with Gasteiger partial charge in [0.2, 0.25) is 0 Å². The Kier molecular flexibility index (Phi) is 7.53. The summed E-state index contributed by atoms with van der Waals surface area (Å²) in [6.45, 7) is 2.04. The number of aliphatic hydroxyl groups excluding tert-OH is 1. The number of carbonyl (C=O) groups excluding carboxylic acids is 1. The quantitative estimate of drug-likeness (QED) is 0.691. The third kappa shape index (κ3) is 8.14. The minimum Gasteiger partial charge on any atom is -0.392 e. The number of halogens is 3. The van der Waals surface area contributed by atoms with E-state index in [0.29, 0.717) is 6.04 Å². The van der Waals surface area contributed by atoms with Crippen LogP contribution in [-0.4, -0.2) is 40.7 Å². The Balaban J connectivity index is 0.000000173. The van der Waals surface area contributed by atoms with Crippen LogP contribution in [-0.2, 0) is 6.61 Å². The Hall–Kier alpha value is -1.41. The van der Waals surface area contributed by atoms with Crippen LogP contribution in [0.3, 0.4) is 0 Å². The van der Waals surface area contributed by atoms with Crippen molar-refractivity contribution < 1.29 is 23.1 Å². The number of benzene rings is 1. The summed E-state index contributed by atoms with van der Waals surface area (Å²) in [4.78, 5) is 12.8. The molecule has 0 aliphatic carbocycles. The highest BCUT2D eigenvalue weighted by Crippen LogP contribution is 2.17. The molecule has 1 atom stereocenters. The molecule has 0 saturated carbocycles. The SMILES string of the molecule is FC(F)(F)S.O=C1NC2CCCN1C2.OCc1ccccc1. The summed E-state index contributed by atoms with van der Waals surface area (Å²) >= 11 is 2.12. The summed E-state index contributed by atoms with van der Waals surface area (Å²) in [5.74, 6) is 0. The minimum absolute atomic E-state index is 0.137. The van der Waals surface area contributed by atoms with Crippen molar-refractivity contribution >= 4 is 18.7 Å². The maximum Gasteiger partial charge on any atom is 0.438 e. The predicted molar refractivity (Wildman–Crippen MR) is 80.5 cm³/mol. The maximum atomic E-state index is 10.9. The number of rotatable bonds is 1. The Bertz CT molecular complexity index is 451. The number of nitrogens with zero attached hydrogens (tertiary/aromatic N) is 1. The van der Waals surface area contributed by atoms with Crippen molar-refractivity contribution in [2.75, 3.05) is 13.1 Å². The van der Waals surface area contributed by atoms with Crippen molar-refractivity contribution in [3.05, 3.63) is 35.9 Å². The normalized spacial score (nSPS) is 19.4. The van der Waals surface area contributed by atoms with Crippen LogP contribution in [0.1, 0.15) is 18.4 Å². The Labute approximate surface area is 132 Å². The lowest BCUT2D eigenvalue weighted by molar-refractivity contribution is -0.0303. The van der Waals surface area contributed by atoms with E-state index in [1.165, 1.54) is 12.8 Å². The minimum atomic E-state index is -4.31. The van der Waals surface area contributed by atoms with Gasteiger partial charge in [0.05, 0.1) is 6.61 Å². The molecular formula is C14H19F3N2O2S. The Morgan fingerprint density at radius 3 is 2.32 bits per heavy atom. The van der Waals surface area contributed by atoms with E-state index in [4.69, 9.17) is 5.11 Å². The van der Waals surface area contributed by atoms with Crippen molar-refractivity contribution in [2.45, 2.75) is 31.0 Å². The number of amides is 2. The largest absolute Gasteiger partial charge is 0.438 e. The van der Waals surface area contributed by atoms with Crippen molar-refractivity contribution in [1.29, 1.82) is 0 Å². The zero-order valence-corrected chi connectivity index (χ0v) is 12.8. The first-order chi connectivity index (χ1) is 10.3. The van der Waals surface area contributed by atoms with Crippen LogP contribution >= 0.6 is 12.6 Å². The van der Waals surface area contributed by atoms with Crippen LogP contribution < -0.4 is 5.32 Å². The van der Waals surface area contributed by atoms with Gasteiger partial charge in [-0.05, 0) is 18.4 Å². The zero-order valence-electron chi connectivity index (χ0n) is 11.9. The maximum absolute atomic E-state index is 10.9. The number of carbonyl (C=O) groups is 1. The second-order valence-electron chi connectivity index (χ2n) is 4.85. The van der Waals surface area contributed by atoms with Gasteiger partial charge in [-0.3, -0.25) is 0 Å². The first-order valence-electron chi connectivity index (χ1n) is 6.79. The lowest BCUT2D eigenvalue weighted by Gasteiger charge is -2.18. The molecule has 2 amide bonds. The van der Waals surface area contributed by atoms with Gasteiger partial charge in [0.1, 0.15) is 0 Å². The van der Waals surface area contributed by atoms with E-state index in [1.807, 2.05) is 35.2 Å². The lowest BCUT2D eigenvalue weighted by Crippen LogP contribution is -2.30. The van der Waals surface area contributed by atoms with Gasteiger partial charge in [0, 0.05) is 19.1 Å². The fourth-order valence-corrected chi connectivity index (χ4v) is 2.13. The molecule has 2 saturated heterocycles. The molecule has 124 valence electrons. The van der Waals surface area contributed by atoms with E-state index in [9.17, 15) is 18.0 Å². The molecule has 0 radical (unpaired) electrons. The van der Waals surface area contributed by atoms with Gasteiger partial charge in [-0.2, -0.15) is 13.2 Å². The van der Waals surface area contributed by atoms with Gasteiger partial charge in [-0.25, -0.2) is 4.79 Å². The molecule has 4 nitrogen and oxygen atoms in total. The topological polar surface area (TPSA) is 52.6 Å². The summed E-state index contributed by atoms with van der Waals surface area (Å²) in [6.07, 6.45) is 2.34. The van der Waals surface area contributed by atoms with Gasteiger partial charge in [-0.1, -0.05) is 43.0 Å². The fraction of sp³-hybridized carbons (Fsp3) is 0.500. The molecule has 2 fully saturated rings. The summed E-state index contributed by atoms with van der Waals surface area (Å²) in [5, 5.41) is 11.4. The number of fused-ring (bicyclic) bond motifs is 2. The number of alkyl halides is 3. The van der Waals surface area contributed by atoms with E-state index in [1.54, 1.807) is 0 Å². The first kappa shape index (κ1) is 18.6. The van der Waals surface area contributed by atoms with E-state index in [2.05, 4.69) is 17.9 Å². The van der Waals surface area contributed by atoms with E-state index in [0.717, 1.165) is 18.7 Å². The molecule has 22 heavy (non-hydrogen) atoms. The second kappa shape index (κ2) is 8.89. The molecule has 1 aromatic rings. The Morgan fingerprint density at radius 2 is 1.91 bits per heavy atom. The standard InChI is InChI=1S/C7H8O.C6H10N2O.CHF3S/c8-6-7-4-2-1-3-5-7;9-6-7-5-2-1-3-8(6)4-5;2-1(3,4)5/h1-5,8H,6H2;5H,1-4H2,(H,7,9);5H. The van der Waals surface area contributed by atoms with Crippen molar-refractivity contribution in [3.63, 3.8) is 0 Å². The molecule has 2 bridgehead atoms. The van der Waals surface area contributed by atoms with Crippen molar-refractivity contribution in [3.8, 4) is 0 Å². The number of thiol groups is 1. The molecule has 2 heterocycles. The van der Waals surface area contributed by atoms with E-state index < -0.39 is 5.51 Å². The van der Waals surface area contributed by atoms with Gasteiger partial charge in [0.25, 0.3) is 0 Å². The highest BCUT2D eigenvalue weighted by atomic mass is 32.1. The highest BCUT2D eigenvalue weighted by molar-refractivity contribution is 7.81. The summed E-state index contributed by atoms with van der Waals surface area (Å²) in [6, 6.07) is 10.1. The average Bonchev–Trinajstić information content (AvgIpc) is 2.71. The third-order valence-electron chi connectivity index (χ3n) is 3.06. The Morgan fingerprint density at radius 1 is 1.32 bits per heavy atom. The molecular weight excluding hydrogens is 317 g/mol. The summed E-state index contributed by atoms with van der Waals surface area (Å²) in [5.41, 5.74) is -3.34. The molecule has 1 aromatic carbocycles. The van der Waals surface area contributed by atoms with Crippen molar-refractivity contribution in [2.24, 2.45) is 0 Å². The van der Waals surface area contributed by atoms with Crippen LogP contribution in [0.5, 0.6) is 0 Å². The molecule has 2 N–H and O–H groups in total. The molecule has 0 aromatic heterocycles. The number of nitrogens with one attached hydrogen (secondary N) is 1. The van der Waals surface area contributed by atoms with Crippen LogP contribution in [0, 0.1) is 0 Å². The summed E-state index contributed by atoms with van der Waals surface area (Å²) < 4.78 is 30.7. The molecule has 1 unspecified atom stereocenters. The zero-order chi connectivity index (χ0) is 16.6. The van der Waals surface area contributed by atoms with Crippen LogP contribution in [0.2, 0.25) is 0 Å². The van der Waals surface area contributed by atoms with Gasteiger partial charge in [-0.15, -0.1) is 0 Å². The van der Waals surface area contributed by atoms with Crippen LogP contribution in [0.25, 0.3) is 0 Å². The number of aliphatic hydroxyl groups is 1. The molecule has 0 spiro atoms. The van der Waals surface area contributed by atoms with Gasteiger partial charge in [0.15, 0.2) is 0 Å². The van der Waals surface area contributed by atoms with Gasteiger partial charge >= 0.3 is 11.5 Å². The van der Waals surface area contributed by atoms with Crippen molar-refractivity contribution in [1.82, 2.24) is 10.2 Å². The van der Waals surface area contributed by atoms with E-state index >= 15 is 0 Å². The predicted octanol–water partition coefficient (Wildman–Crippen LogP) is 2.79. The second-order valence-corrected chi connectivity index (χ2v) is 5.35. The van der Waals surface area contributed by atoms with Gasteiger partial charge < -0.3 is 15.3 Å².